The molecule has 284 valence electrons. The zero-order valence-electron chi connectivity index (χ0n) is 28.8. The van der Waals surface area contributed by atoms with Gasteiger partial charge in [-0.3, -0.25) is 4.79 Å². The Morgan fingerprint density at radius 2 is 1.40 bits per heavy atom. The maximum atomic E-state index is 13.1. The minimum atomic E-state index is -1.86. The summed E-state index contributed by atoms with van der Waals surface area (Å²) in [5.74, 6) is -2.46. The average molecular weight is 755 g/mol. The van der Waals surface area contributed by atoms with Gasteiger partial charge in [0.15, 0.2) is 29.1 Å². The van der Waals surface area contributed by atoms with E-state index in [1.54, 1.807) is 12.1 Å². The van der Waals surface area contributed by atoms with Gasteiger partial charge in [0.2, 0.25) is 6.29 Å². The topological polar surface area (TPSA) is 232 Å². The number of ether oxygens (including phenoxy) is 5. The highest BCUT2D eigenvalue weighted by molar-refractivity contribution is 5.88. The second kappa shape index (κ2) is 16.5. The molecule has 2 heterocycles. The Morgan fingerprint density at radius 1 is 0.764 bits per heavy atom. The van der Waals surface area contributed by atoms with Crippen LogP contribution in [0.15, 0.2) is 106 Å². The predicted molar refractivity (Wildman–Crippen MR) is 194 cm³/mol. The zero-order chi connectivity index (χ0) is 39.2. The molecule has 2 unspecified atom stereocenters. The SMILES string of the molecule is COc1cc(-c2cc(=O)c3c(O)cc(O[C@@H]4OC(COC(=O)/C=C/c5ccc(O)cc5)[C@@H](O)[C@H](OC(=O)/C=C/c5ccc(O)cc5)C4O)cc3o2)ccc1O. The van der Waals surface area contributed by atoms with E-state index in [1.165, 1.54) is 79.9 Å². The Morgan fingerprint density at radius 3 is 2.04 bits per heavy atom. The Kier molecular flexibility index (Phi) is 11.4. The van der Waals surface area contributed by atoms with Gasteiger partial charge in [0.05, 0.1) is 7.11 Å². The number of fused-ring (bicyclic) bond motifs is 1. The fraction of sp³-hybridized carbons (Fsp3) is 0.175. The minimum absolute atomic E-state index is 0.0159. The number of benzene rings is 4. The molecule has 15 nitrogen and oxygen atoms in total. The van der Waals surface area contributed by atoms with E-state index in [1.807, 2.05) is 0 Å². The summed E-state index contributed by atoms with van der Waals surface area (Å²) in [6, 6.07) is 19.6. The molecule has 15 heteroatoms. The lowest BCUT2D eigenvalue weighted by Crippen LogP contribution is -2.61. The maximum absolute atomic E-state index is 13.1. The molecular weight excluding hydrogens is 720 g/mol. The van der Waals surface area contributed by atoms with Gasteiger partial charge in [0.1, 0.15) is 58.5 Å². The molecule has 1 saturated heterocycles. The number of methoxy groups -OCH3 is 1. The van der Waals surface area contributed by atoms with Crippen LogP contribution in [0.1, 0.15) is 11.1 Å². The van der Waals surface area contributed by atoms with Gasteiger partial charge in [-0.2, -0.15) is 0 Å². The van der Waals surface area contributed by atoms with Crippen molar-refractivity contribution >= 4 is 35.1 Å². The summed E-state index contributed by atoms with van der Waals surface area (Å²) in [5, 5.41) is 62.1. The van der Waals surface area contributed by atoms with Crippen LogP contribution in [0.4, 0.5) is 0 Å². The second-order valence-electron chi connectivity index (χ2n) is 12.2. The summed E-state index contributed by atoms with van der Waals surface area (Å²) in [6.07, 6.45) is -3.51. The molecule has 0 aliphatic carbocycles. The summed E-state index contributed by atoms with van der Waals surface area (Å²) >= 11 is 0. The Hall–Kier alpha value is -6.81. The molecule has 0 radical (unpaired) electrons. The number of aliphatic hydroxyl groups excluding tert-OH is 2. The Labute approximate surface area is 311 Å². The molecule has 0 amide bonds. The number of carbonyl (C=O) groups is 2. The van der Waals surface area contributed by atoms with Crippen molar-refractivity contribution in [2.24, 2.45) is 0 Å². The van der Waals surface area contributed by atoms with Crippen molar-refractivity contribution in [1.82, 2.24) is 0 Å². The first-order valence-corrected chi connectivity index (χ1v) is 16.6. The molecule has 6 rings (SSSR count). The first-order chi connectivity index (χ1) is 26.4. The molecule has 5 atom stereocenters. The van der Waals surface area contributed by atoms with Crippen molar-refractivity contribution in [3.05, 3.63) is 118 Å². The lowest BCUT2D eigenvalue weighted by atomic mass is 9.99. The summed E-state index contributed by atoms with van der Waals surface area (Å²) < 4.78 is 33.5. The standard InChI is InChI=1S/C40H34O15/c1-50-31-16-23(8-13-27(31)43)30-19-29(45)36-28(44)17-26(18-32(36)53-30)52-40-38(49)39(55-35(47)15-7-22-4-11-25(42)12-5-22)37(48)33(54-40)20-51-34(46)14-6-21-2-9-24(41)10-3-21/h2-19,33,37-44,48-49H,20H2,1H3/b14-6+,15-7+/t33?,37-,38?,39+,40-/m1/s1. The lowest BCUT2D eigenvalue weighted by molar-refractivity contribution is -0.281. The van der Waals surface area contributed by atoms with Gasteiger partial charge in [-0.25, -0.2) is 9.59 Å². The summed E-state index contributed by atoms with van der Waals surface area (Å²) in [6.45, 7) is -0.596. The first-order valence-electron chi connectivity index (χ1n) is 16.6. The molecule has 4 aromatic carbocycles. The number of aliphatic hydroxyl groups is 2. The number of phenols is 4. The van der Waals surface area contributed by atoms with E-state index in [0.717, 1.165) is 24.3 Å². The summed E-state index contributed by atoms with van der Waals surface area (Å²) in [7, 11) is 1.35. The van der Waals surface area contributed by atoms with Crippen LogP contribution in [0.5, 0.6) is 34.5 Å². The zero-order valence-corrected chi connectivity index (χ0v) is 28.8. The van der Waals surface area contributed by atoms with Crippen molar-refractivity contribution in [2.75, 3.05) is 13.7 Å². The van der Waals surface area contributed by atoms with E-state index in [-0.39, 0.29) is 45.5 Å². The lowest BCUT2D eigenvalue weighted by Gasteiger charge is -2.41. The predicted octanol–water partition coefficient (Wildman–Crippen LogP) is 4.00. The molecule has 55 heavy (non-hydrogen) atoms. The van der Waals surface area contributed by atoms with Crippen molar-refractivity contribution in [1.29, 1.82) is 0 Å². The van der Waals surface area contributed by atoms with Gasteiger partial charge < -0.3 is 58.7 Å². The molecular formula is C40H34O15. The molecule has 1 fully saturated rings. The number of hydrogen-bond acceptors (Lipinski definition) is 15. The van der Waals surface area contributed by atoms with Crippen LogP contribution < -0.4 is 14.9 Å². The minimum Gasteiger partial charge on any atom is -0.508 e. The normalized spacial score (nSPS) is 19.7. The van der Waals surface area contributed by atoms with Gasteiger partial charge in [-0.1, -0.05) is 24.3 Å². The van der Waals surface area contributed by atoms with Crippen molar-refractivity contribution < 1.29 is 68.3 Å². The van der Waals surface area contributed by atoms with Gasteiger partial charge >= 0.3 is 11.9 Å². The largest absolute Gasteiger partial charge is 0.508 e. The van der Waals surface area contributed by atoms with E-state index in [2.05, 4.69) is 0 Å². The molecule has 6 N–H and O–H groups in total. The fourth-order valence-corrected chi connectivity index (χ4v) is 5.58. The van der Waals surface area contributed by atoms with E-state index in [0.29, 0.717) is 16.7 Å². The highest BCUT2D eigenvalue weighted by atomic mass is 16.7. The smallest absolute Gasteiger partial charge is 0.331 e. The van der Waals surface area contributed by atoms with E-state index < -0.39 is 60.4 Å². The highest BCUT2D eigenvalue weighted by Crippen LogP contribution is 2.36. The highest BCUT2D eigenvalue weighted by Gasteiger charge is 2.48. The second-order valence-corrected chi connectivity index (χ2v) is 12.2. The van der Waals surface area contributed by atoms with Crippen molar-refractivity contribution in [2.45, 2.75) is 30.7 Å². The first kappa shape index (κ1) is 37.9. The van der Waals surface area contributed by atoms with Gasteiger partial charge in [-0.05, 0) is 65.7 Å². The number of rotatable bonds is 11. The molecule has 0 spiro atoms. The quantitative estimate of drug-likeness (QED) is 0.0827. The Bertz CT molecular complexity index is 2290. The molecule has 0 saturated carbocycles. The fourth-order valence-electron chi connectivity index (χ4n) is 5.58. The van der Waals surface area contributed by atoms with Crippen LogP contribution in [0, 0.1) is 0 Å². The van der Waals surface area contributed by atoms with Crippen LogP contribution in [-0.2, 0) is 23.8 Å². The third-order valence-corrected chi connectivity index (χ3v) is 8.39. The van der Waals surface area contributed by atoms with Gasteiger partial charge in [0, 0.05) is 35.9 Å². The Balaban J connectivity index is 1.25. The third-order valence-electron chi connectivity index (χ3n) is 8.39. The van der Waals surface area contributed by atoms with Gasteiger partial charge in [-0.15, -0.1) is 0 Å². The van der Waals surface area contributed by atoms with Crippen LogP contribution >= 0.6 is 0 Å². The summed E-state index contributed by atoms with van der Waals surface area (Å²) in [4.78, 5) is 38.5. The number of phenolic OH excluding ortho intramolecular Hbond substituents is 4. The molecule has 1 aromatic heterocycles. The number of esters is 2. The summed E-state index contributed by atoms with van der Waals surface area (Å²) in [5.41, 5.74) is 0.724. The average Bonchev–Trinajstić information content (AvgIpc) is 3.16. The van der Waals surface area contributed by atoms with Crippen molar-refractivity contribution in [3.8, 4) is 45.8 Å². The molecule has 0 bridgehead atoms. The monoisotopic (exact) mass is 754 g/mol. The number of carbonyl (C=O) groups excluding carboxylic acids is 2. The van der Waals surface area contributed by atoms with Crippen LogP contribution in [0.25, 0.3) is 34.4 Å². The van der Waals surface area contributed by atoms with Crippen LogP contribution in [-0.4, -0.2) is 87.0 Å². The van der Waals surface area contributed by atoms with E-state index >= 15 is 0 Å². The van der Waals surface area contributed by atoms with Crippen LogP contribution in [0.2, 0.25) is 0 Å². The third kappa shape index (κ3) is 9.05. The van der Waals surface area contributed by atoms with E-state index in [9.17, 15) is 45.0 Å². The van der Waals surface area contributed by atoms with Gasteiger partial charge in [0.25, 0.3) is 0 Å². The van der Waals surface area contributed by atoms with Crippen LogP contribution in [0.3, 0.4) is 0 Å². The van der Waals surface area contributed by atoms with Crippen molar-refractivity contribution in [3.63, 3.8) is 0 Å². The molecule has 1 aliphatic rings. The number of hydrogen-bond donors (Lipinski definition) is 6. The number of aromatic hydroxyl groups is 4. The maximum Gasteiger partial charge on any atom is 0.331 e. The molecule has 1 aliphatic heterocycles. The molecule has 5 aromatic rings. The van der Waals surface area contributed by atoms with E-state index in [4.69, 9.17) is 28.1 Å².